The fourth-order valence-electron chi connectivity index (χ4n) is 14.9. The van der Waals surface area contributed by atoms with E-state index in [-0.39, 0.29) is 28.4 Å². The van der Waals surface area contributed by atoms with Gasteiger partial charge in [0.2, 0.25) is 6.71 Å². The van der Waals surface area contributed by atoms with Crippen molar-refractivity contribution in [3.8, 4) is 66.8 Å². The van der Waals surface area contributed by atoms with Gasteiger partial charge in [0.1, 0.15) is 0 Å². The van der Waals surface area contributed by atoms with Gasteiger partial charge < -0.3 is 0 Å². The molecule has 6 aliphatic rings. The third kappa shape index (κ3) is 3.70. The second-order valence-electron chi connectivity index (χ2n) is 21.9. The van der Waals surface area contributed by atoms with Crippen LogP contribution in [0.15, 0.2) is 140 Å². The minimum absolute atomic E-state index is 0.0639. The summed E-state index contributed by atoms with van der Waals surface area (Å²) in [6, 6.07) is 55.3. The predicted molar refractivity (Wildman–Crippen MR) is 267 cm³/mol. The summed E-state index contributed by atoms with van der Waals surface area (Å²) in [5, 5.41) is 5.80. The first-order valence-corrected chi connectivity index (χ1v) is 23.2. The molecule has 15 rings (SSSR count). The highest BCUT2D eigenvalue weighted by Crippen LogP contribution is 2.62. The van der Waals surface area contributed by atoms with Crippen LogP contribution in [0.4, 0.5) is 0 Å². The second-order valence-corrected chi connectivity index (χ2v) is 21.9. The summed E-state index contributed by atoms with van der Waals surface area (Å²) in [5.74, 6) is 0. The van der Waals surface area contributed by atoms with Crippen LogP contribution in [0.2, 0.25) is 0 Å². The summed E-state index contributed by atoms with van der Waals surface area (Å²) < 4.78 is 0. The second kappa shape index (κ2) is 10.7. The standard InChI is InChI=1S/C62H47B/c1-59(2)44-26-15-11-20-34(44)50-46(59)28-40-52-48(30-38-32-18-9-13-24-42(32)61(5,6)56(38)40)63-49-31-39-33-19-10-14-25-43(33)62(7,8)57(39)41-29-47-51(35-21-12-16-27-45(35)60(47,3)4)55(53(41)49)37-23-17-22-36(54(50)52)58(37)63/h9-31H,1-8H3. The van der Waals surface area contributed by atoms with Crippen molar-refractivity contribution in [2.24, 2.45) is 0 Å². The van der Waals surface area contributed by atoms with Crippen LogP contribution >= 0.6 is 0 Å². The topological polar surface area (TPSA) is 0 Å². The van der Waals surface area contributed by atoms with Gasteiger partial charge >= 0.3 is 0 Å². The molecule has 9 aromatic rings. The van der Waals surface area contributed by atoms with Crippen molar-refractivity contribution in [1.29, 1.82) is 0 Å². The van der Waals surface area contributed by atoms with Crippen molar-refractivity contribution in [3.63, 3.8) is 0 Å². The summed E-state index contributed by atoms with van der Waals surface area (Å²) in [7, 11) is 0. The third-order valence-corrected chi connectivity index (χ3v) is 17.6. The molecule has 0 bridgehead atoms. The van der Waals surface area contributed by atoms with Crippen LogP contribution in [-0.4, -0.2) is 6.71 Å². The van der Waals surface area contributed by atoms with Crippen LogP contribution < -0.4 is 16.4 Å². The molecular formula is C62H47B. The van der Waals surface area contributed by atoms with Gasteiger partial charge in [-0.3, -0.25) is 0 Å². The molecule has 0 atom stereocenters. The molecule has 0 spiro atoms. The molecule has 0 saturated carbocycles. The quantitative estimate of drug-likeness (QED) is 0.134. The van der Waals surface area contributed by atoms with Gasteiger partial charge in [0.25, 0.3) is 0 Å². The van der Waals surface area contributed by atoms with Gasteiger partial charge in [-0.15, -0.1) is 0 Å². The monoisotopic (exact) mass is 802 g/mol. The first-order chi connectivity index (χ1) is 30.3. The molecule has 1 heteroatoms. The number of rotatable bonds is 0. The molecule has 0 saturated heterocycles. The van der Waals surface area contributed by atoms with Gasteiger partial charge in [-0.1, -0.05) is 199 Å². The van der Waals surface area contributed by atoms with Crippen molar-refractivity contribution >= 4 is 44.6 Å². The molecule has 63 heavy (non-hydrogen) atoms. The Morgan fingerprint density at radius 2 is 0.651 bits per heavy atom. The van der Waals surface area contributed by atoms with Crippen molar-refractivity contribution in [2.45, 2.75) is 77.0 Å². The Labute approximate surface area is 370 Å². The molecule has 0 aromatic heterocycles. The number of fused-ring (bicyclic) bond motifs is 20. The highest BCUT2D eigenvalue weighted by atomic mass is 14.5. The third-order valence-electron chi connectivity index (χ3n) is 17.6. The zero-order valence-electron chi connectivity index (χ0n) is 37.4. The molecule has 2 aliphatic heterocycles. The average molecular weight is 803 g/mol. The first kappa shape index (κ1) is 35.1. The van der Waals surface area contributed by atoms with E-state index < -0.39 is 0 Å². The highest BCUT2D eigenvalue weighted by molar-refractivity contribution is 7.01. The maximum absolute atomic E-state index is 2.69. The lowest BCUT2D eigenvalue weighted by Crippen LogP contribution is -2.57. The Morgan fingerprint density at radius 1 is 0.302 bits per heavy atom. The maximum Gasteiger partial charge on any atom is 0.244 e. The van der Waals surface area contributed by atoms with Crippen LogP contribution in [0.1, 0.15) is 99.9 Å². The van der Waals surface area contributed by atoms with Crippen LogP contribution in [0.3, 0.4) is 0 Å². The zero-order chi connectivity index (χ0) is 42.4. The van der Waals surface area contributed by atoms with Gasteiger partial charge in [-0.2, -0.15) is 0 Å². The van der Waals surface area contributed by atoms with E-state index in [4.69, 9.17) is 0 Å². The SMILES string of the molecule is CC1(C)c2ccccc2-c2c1cc1c3c(cc4c1c2-c1cccc2c1B4c1cc4c(c5cc6c(c-2c15)-c1ccccc1C6(C)C)C(C)(C)c1ccccc1-4)-c1ccccc1C3(C)C. The van der Waals surface area contributed by atoms with Crippen LogP contribution in [0.5, 0.6) is 0 Å². The van der Waals surface area contributed by atoms with Crippen LogP contribution in [-0.2, 0) is 21.7 Å². The van der Waals surface area contributed by atoms with E-state index in [0.29, 0.717) is 0 Å². The van der Waals surface area contributed by atoms with Crippen LogP contribution in [0.25, 0.3) is 88.3 Å². The smallest absolute Gasteiger partial charge is 0.0619 e. The van der Waals surface area contributed by atoms with E-state index in [0.717, 1.165) is 0 Å². The minimum atomic E-state index is -0.149. The Bertz CT molecular complexity index is 3490. The van der Waals surface area contributed by atoms with Gasteiger partial charge in [-0.05, 0) is 145 Å². The summed E-state index contributed by atoms with van der Waals surface area (Å²) in [4.78, 5) is 0. The number of benzene rings is 9. The molecule has 0 amide bonds. The maximum atomic E-state index is 2.69. The molecule has 2 heterocycles. The Hall–Kier alpha value is -6.44. The summed E-state index contributed by atoms with van der Waals surface area (Å²) in [6.07, 6.45) is 0. The number of hydrogen-bond donors (Lipinski definition) is 0. The van der Waals surface area contributed by atoms with E-state index in [1.807, 2.05) is 0 Å². The first-order valence-electron chi connectivity index (χ1n) is 23.2. The molecular weight excluding hydrogens is 755 g/mol. The molecule has 298 valence electrons. The van der Waals surface area contributed by atoms with Crippen LogP contribution in [0, 0.1) is 0 Å². The van der Waals surface area contributed by atoms with E-state index in [2.05, 4.69) is 195 Å². The normalized spacial score (nSPS) is 17.7. The lowest BCUT2D eigenvalue weighted by molar-refractivity contribution is 0.657. The highest BCUT2D eigenvalue weighted by Gasteiger charge is 2.50. The molecule has 9 aromatic carbocycles. The fourth-order valence-corrected chi connectivity index (χ4v) is 14.9. The van der Waals surface area contributed by atoms with E-state index >= 15 is 0 Å². The number of hydrogen-bond acceptors (Lipinski definition) is 0. The van der Waals surface area contributed by atoms with Gasteiger partial charge in [-0.25, -0.2) is 0 Å². The molecule has 0 fully saturated rings. The lowest BCUT2D eigenvalue weighted by Gasteiger charge is -2.38. The summed E-state index contributed by atoms with van der Waals surface area (Å²) >= 11 is 0. The summed E-state index contributed by atoms with van der Waals surface area (Å²) in [6.45, 7) is 19.8. The lowest BCUT2D eigenvalue weighted by atomic mass is 9.30. The van der Waals surface area contributed by atoms with Gasteiger partial charge in [0.05, 0.1) is 0 Å². The molecule has 4 aliphatic carbocycles. The molecule has 0 N–H and O–H groups in total. The zero-order valence-corrected chi connectivity index (χ0v) is 37.4. The Balaban J connectivity index is 1.19. The fraction of sp³-hybridized carbons (Fsp3) is 0.194. The van der Waals surface area contributed by atoms with Crippen molar-refractivity contribution in [1.82, 2.24) is 0 Å². The summed E-state index contributed by atoms with van der Waals surface area (Å²) in [5.41, 5.74) is 32.5. The molecule has 0 unspecified atom stereocenters. The van der Waals surface area contributed by atoms with E-state index in [9.17, 15) is 0 Å². The molecule has 0 nitrogen and oxygen atoms in total. The minimum Gasteiger partial charge on any atom is -0.0619 e. The van der Waals surface area contributed by atoms with E-state index in [1.54, 1.807) is 0 Å². The van der Waals surface area contributed by atoms with Gasteiger partial charge in [0, 0.05) is 21.7 Å². The van der Waals surface area contributed by atoms with Crippen molar-refractivity contribution < 1.29 is 0 Å². The Kier molecular flexibility index (Phi) is 5.94. The van der Waals surface area contributed by atoms with Crippen molar-refractivity contribution in [2.75, 3.05) is 0 Å². The average Bonchev–Trinajstić information content (AvgIpc) is 3.85. The molecule has 0 radical (unpaired) electrons. The van der Waals surface area contributed by atoms with E-state index in [1.165, 1.54) is 149 Å². The van der Waals surface area contributed by atoms with Gasteiger partial charge in [0.15, 0.2) is 0 Å². The van der Waals surface area contributed by atoms with Crippen molar-refractivity contribution in [3.05, 3.63) is 184 Å². The predicted octanol–water partition coefficient (Wildman–Crippen LogP) is 13.7. The Morgan fingerprint density at radius 3 is 1.06 bits per heavy atom. The largest absolute Gasteiger partial charge is 0.244 e.